The van der Waals surface area contributed by atoms with Gasteiger partial charge in [0, 0.05) is 7.05 Å². The number of carbonyl (C=O) groups excluding carboxylic acids is 1. The van der Waals surface area contributed by atoms with E-state index in [9.17, 15) is 14.7 Å². The zero-order chi connectivity index (χ0) is 13.0. The molecule has 1 aromatic rings. The first-order valence-electron chi connectivity index (χ1n) is 5.49. The van der Waals surface area contributed by atoms with Gasteiger partial charge in [0.05, 0.1) is 12.2 Å². The summed E-state index contributed by atoms with van der Waals surface area (Å²) in [6.07, 6.45) is 1.09. The normalized spacial score (nSPS) is 10.3. The zero-order valence-corrected chi connectivity index (χ0v) is 10.2. The Morgan fingerprint density at radius 3 is 2.65 bits per heavy atom. The molecule has 0 saturated heterocycles. The number of ether oxygens (including phenoxy) is 1. The summed E-state index contributed by atoms with van der Waals surface area (Å²) in [5.41, 5.74) is -0.400. The minimum atomic E-state index is -0.724. The van der Waals surface area contributed by atoms with Crippen LogP contribution in [-0.2, 0) is 18.2 Å². The second-order valence-corrected chi connectivity index (χ2v) is 3.57. The molecule has 0 fully saturated rings. The van der Waals surface area contributed by atoms with Crippen molar-refractivity contribution in [3.05, 3.63) is 21.6 Å². The Bertz CT molecular complexity index is 479. The summed E-state index contributed by atoms with van der Waals surface area (Å²) in [6.45, 7) is 3.72. The number of hydrogen-bond acceptors (Lipinski definition) is 5. The third-order valence-corrected chi connectivity index (χ3v) is 2.28. The van der Waals surface area contributed by atoms with E-state index in [1.165, 1.54) is 7.05 Å². The van der Waals surface area contributed by atoms with Gasteiger partial charge in [0.25, 0.3) is 5.56 Å². The Morgan fingerprint density at radius 1 is 1.47 bits per heavy atom. The molecular formula is C11H16N2O4. The highest BCUT2D eigenvalue weighted by Crippen LogP contribution is 2.19. The molecule has 6 nitrogen and oxygen atoms in total. The number of nitrogens with zero attached hydrogens (tertiary/aromatic N) is 2. The lowest BCUT2D eigenvalue weighted by atomic mass is 10.1. The third kappa shape index (κ3) is 2.64. The largest absolute Gasteiger partial charge is 0.505 e. The Kier molecular flexibility index (Phi) is 4.25. The molecule has 0 atom stereocenters. The first-order chi connectivity index (χ1) is 8.02. The van der Waals surface area contributed by atoms with Crippen LogP contribution in [0.1, 0.15) is 36.3 Å². The van der Waals surface area contributed by atoms with Gasteiger partial charge in [-0.05, 0) is 13.3 Å². The van der Waals surface area contributed by atoms with Crippen LogP contribution in [0.25, 0.3) is 0 Å². The van der Waals surface area contributed by atoms with Gasteiger partial charge in [0.2, 0.25) is 5.69 Å². The first-order valence-corrected chi connectivity index (χ1v) is 5.49. The van der Waals surface area contributed by atoms with Crippen molar-refractivity contribution in [3.8, 4) is 5.75 Å². The average Bonchev–Trinajstić information content (AvgIpc) is 2.29. The topological polar surface area (TPSA) is 81.4 Å². The van der Waals surface area contributed by atoms with Crippen LogP contribution in [0.4, 0.5) is 0 Å². The van der Waals surface area contributed by atoms with Crippen LogP contribution in [0.15, 0.2) is 4.79 Å². The molecule has 1 aromatic heterocycles. The fourth-order valence-corrected chi connectivity index (χ4v) is 1.49. The van der Waals surface area contributed by atoms with Crippen LogP contribution < -0.4 is 5.56 Å². The quantitative estimate of drug-likeness (QED) is 0.780. The highest BCUT2D eigenvalue weighted by molar-refractivity contribution is 5.90. The van der Waals surface area contributed by atoms with Crippen molar-refractivity contribution in [2.75, 3.05) is 6.61 Å². The van der Waals surface area contributed by atoms with E-state index in [-0.39, 0.29) is 23.6 Å². The molecule has 0 spiro atoms. The van der Waals surface area contributed by atoms with Crippen molar-refractivity contribution < 1.29 is 14.6 Å². The molecule has 0 amide bonds. The molecule has 1 heterocycles. The molecular weight excluding hydrogens is 224 g/mol. The van der Waals surface area contributed by atoms with E-state index < -0.39 is 11.5 Å². The second kappa shape index (κ2) is 5.47. The minimum absolute atomic E-state index is 0.186. The Morgan fingerprint density at radius 2 is 2.12 bits per heavy atom. The third-order valence-electron chi connectivity index (χ3n) is 2.28. The molecule has 6 heteroatoms. The molecule has 94 valence electrons. The maximum atomic E-state index is 11.7. The van der Waals surface area contributed by atoms with Crippen LogP contribution in [0.5, 0.6) is 5.75 Å². The molecule has 1 rings (SSSR count). The summed E-state index contributed by atoms with van der Waals surface area (Å²) < 4.78 is 5.80. The van der Waals surface area contributed by atoms with E-state index in [1.54, 1.807) is 6.92 Å². The fraction of sp³-hybridized carbons (Fsp3) is 0.545. The van der Waals surface area contributed by atoms with Crippen molar-refractivity contribution in [2.24, 2.45) is 7.05 Å². The molecule has 0 bridgehead atoms. The molecule has 0 radical (unpaired) electrons. The van der Waals surface area contributed by atoms with Crippen molar-refractivity contribution >= 4 is 5.97 Å². The molecule has 0 unspecified atom stereocenters. The van der Waals surface area contributed by atoms with Gasteiger partial charge in [0.1, 0.15) is 0 Å². The van der Waals surface area contributed by atoms with E-state index >= 15 is 0 Å². The smallest absolute Gasteiger partial charge is 0.362 e. The van der Waals surface area contributed by atoms with Gasteiger partial charge in [-0.25, -0.2) is 9.48 Å². The molecule has 0 aliphatic rings. The van der Waals surface area contributed by atoms with E-state index in [4.69, 9.17) is 4.74 Å². The number of esters is 1. The van der Waals surface area contributed by atoms with Gasteiger partial charge >= 0.3 is 5.97 Å². The monoisotopic (exact) mass is 240 g/mol. The number of aromatic nitrogens is 2. The number of aromatic hydroxyl groups is 1. The predicted molar refractivity (Wildman–Crippen MR) is 61.1 cm³/mol. The number of carbonyl (C=O) groups is 1. The lowest BCUT2D eigenvalue weighted by Crippen LogP contribution is -2.27. The molecule has 0 saturated carbocycles. The molecule has 0 aliphatic heterocycles. The van der Waals surface area contributed by atoms with Crippen LogP contribution >= 0.6 is 0 Å². The number of aryl methyl sites for hydroxylation is 1. The summed E-state index contributed by atoms with van der Waals surface area (Å²) in [7, 11) is 1.43. The Balaban J connectivity index is 3.33. The highest BCUT2D eigenvalue weighted by atomic mass is 16.5. The van der Waals surface area contributed by atoms with E-state index in [1.807, 2.05) is 6.92 Å². The van der Waals surface area contributed by atoms with Gasteiger partial charge < -0.3 is 9.84 Å². The van der Waals surface area contributed by atoms with E-state index in [0.717, 1.165) is 4.68 Å². The van der Waals surface area contributed by atoms with Crippen LogP contribution in [-0.4, -0.2) is 27.5 Å². The van der Waals surface area contributed by atoms with Crippen LogP contribution in [0.2, 0.25) is 0 Å². The summed E-state index contributed by atoms with van der Waals surface area (Å²) in [5.74, 6) is -1.09. The lowest BCUT2D eigenvalue weighted by molar-refractivity contribution is 0.0512. The predicted octanol–water partition coefficient (Wildman–Crippen LogP) is 0.615. The zero-order valence-electron chi connectivity index (χ0n) is 10.2. The highest BCUT2D eigenvalue weighted by Gasteiger charge is 2.21. The van der Waals surface area contributed by atoms with Gasteiger partial charge in [-0.2, -0.15) is 5.10 Å². The Labute approximate surface area is 98.8 Å². The summed E-state index contributed by atoms with van der Waals surface area (Å²) in [5, 5.41) is 13.6. The van der Waals surface area contributed by atoms with Crippen LogP contribution in [0, 0.1) is 0 Å². The van der Waals surface area contributed by atoms with Crippen molar-refractivity contribution in [1.29, 1.82) is 0 Å². The fourth-order valence-electron chi connectivity index (χ4n) is 1.49. The minimum Gasteiger partial charge on any atom is -0.505 e. The van der Waals surface area contributed by atoms with Gasteiger partial charge in [-0.15, -0.1) is 0 Å². The van der Waals surface area contributed by atoms with Gasteiger partial charge in [-0.1, -0.05) is 13.3 Å². The van der Waals surface area contributed by atoms with E-state index in [2.05, 4.69) is 5.10 Å². The summed E-state index contributed by atoms with van der Waals surface area (Å²) in [4.78, 5) is 23.2. The maximum absolute atomic E-state index is 11.7. The SMILES string of the molecule is CCCc1c(O)c(C(=O)OCC)nn(C)c1=O. The van der Waals surface area contributed by atoms with Crippen molar-refractivity contribution in [3.63, 3.8) is 0 Å². The van der Waals surface area contributed by atoms with E-state index in [0.29, 0.717) is 12.8 Å². The Hall–Kier alpha value is -1.85. The second-order valence-electron chi connectivity index (χ2n) is 3.57. The standard InChI is InChI=1S/C11H16N2O4/c1-4-6-7-9(14)8(11(16)17-5-2)12-13(3)10(7)15/h14H,4-6H2,1-3H3. The summed E-state index contributed by atoms with van der Waals surface area (Å²) in [6, 6.07) is 0. The number of hydrogen-bond donors (Lipinski definition) is 1. The molecule has 17 heavy (non-hydrogen) atoms. The van der Waals surface area contributed by atoms with Gasteiger partial charge in [0.15, 0.2) is 5.75 Å². The van der Waals surface area contributed by atoms with Crippen LogP contribution in [0.3, 0.4) is 0 Å². The first kappa shape index (κ1) is 13.2. The molecule has 0 aromatic carbocycles. The molecule has 0 aliphatic carbocycles. The average molecular weight is 240 g/mol. The van der Waals surface area contributed by atoms with Crippen molar-refractivity contribution in [2.45, 2.75) is 26.7 Å². The molecule has 1 N–H and O–H groups in total. The number of rotatable bonds is 4. The van der Waals surface area contributed by atoms with Crippen molar-refractivity contribution in [1.82, 2.24) is 9.78 Å². The maximum Gasteiger partial charge on any atom is 0.362 e. The summed E-state index contributed by atoms with van der Waals surface area (Å²) >= 11 is 0. The van der Waals surface area contributed by atoms with Gasteiger partial charge in [-0.3, -0.25) is 4.79 Å². The lowest BCUT2D eigenvalue weighted by Gasteiger charge is -2.09.